The van der Waals surface area contributed by atoms with Crippen LogP contribution < -0.4 is 5.32 Å². The number of hydrogen-bond acceptors (Lipinski definition) is 2. The Labute approximate surface area is 121 Å². The fraction of sp³-hybridized carbons (Fsp3) is 0.588. The maximum atomic E-state index is 11.2. The summed E-state index contributed by atoms with van der Waals surface area (Å²) in [4.78, 5) is 11.2. The maximum Gasteiger partial charge on any atom is 0.337 e. The van der Waals surface area contributed by atoms with E-state index in [-0.39, 0.29) is 0 Å². The summed E-state index contributed by atoms with van der Waals surface area (Å²) in [5.41, 5.74) is 2.10. The van der Waals surface area contributed by atoms with Crippen LogP contribution in [0.3, 0.4) is 0 Å². The smallest absolute Gasteiger partial charge is 0.337 e. The Hall–Kier alpha value is -1.51. The van der Waals surface area contributed by atoms with E-state index in [1.165, 1.54) is 25.7 Å². The number of rotatable bonds is 5. The molecule has 0 spiro atoms. The standard InChI is InChI=1S/C17H25NO2/c1-12-4-3-5-14(10-12)8-9-18-16-7-6-13(2)11-15(16)17(19)20/h6-7,11-12,14,18H,3-5,8-10H2,1-2H3,(H,19,20). The lowest BCUT2D eigenvalue weighted by molar-refractivity contribution is 0.0698. The van der Waals surface area contributed by atoms with Crippen LogP contribution in [0.2, 0.25) is 0 Å². The highest BCUT2D eigenvalue weighted by Crippen LogP contribution is 2.30. The molecule has 0 aliphatic heterocycles. The van der Waals surface area contributed by atoms with E-state index in [1.807, 2.05) is 19.1 Å². The van der Waals surface area contributed by atoms with Gasteiger partial charge in [0.25, 0.3) is 0 Å². The van der Waals surface area contributed by atoms with Crippen LogP contribution in [0, 0.1) is 18.8 Å². The van der Waals surface area contributed by atoms with E-state index >= 15 is 0 Å². The van der Waals surface area contributed by atoms with Crippen LogP contribution in [0.5, 0.6) is 0 Å². The van der Waals surface area contributed by atoms with Gasteiger partial charge in [-0.05, 0) is 43.7 Å². The van der Waals surface area contributed by atoms with Gasteiger partial charge < -0.3 is 10.4 Å². The molecule has 2 rings (SSSR count). The van der Waals surface area contributed by atoms with Gasteiger partial charge in [0, 0.05) is 12.2 Å². The third kappa shape index (κ3) is 3.99. The highest BCUT2D eigenvalue weighted by molar-refractivity contribution is 5.94. The molecule has 0 aromatic heterocycles. The van der Waals surface area contributed by atoms with Gasteiger partial charge in [-0.25, -0.2) is 4.79 Å². The lowest BCUT2D eigenvalue weighted by Crippen LogP contribution is -2.17. The van der Waals surface area contributed by atoms with Gasteiger partial charge >= 0.3 is 5.97 Å². The summed E-state index contributed by atoms with van der Waals surface area (Å²) in [6.07, 6.45) is 6.49. The number of carboxylic acid groups (broad SMARTS) is 1. The molecule has 0 saturated heterocycles. The van der Waals surface area contributed by atoms with Gasteiger partial charge in [0.05, 0.1) is 5.56 Å². The minimum absolute atomic E-state index is 0.377. The van der Waals surface area contributed by atoms with Gasteiger partial charge in [-0.1, -0.05) is 37.8 Å². The molecular weight excluding hydrogens is 250 g/mol. The van der Waals surface area contributed by atoms with Crippen molar-refractivity contribution in [3.05, 3.63) is 29.3 Å². The Morgan fingerprint density at radius 3 is 2.90 bits per heavy atom. The molecule has 2 N–H and O–H groups in total. The van der Waals surface area contributed by atoms with Gasteiger partial charge in [-0.2, -0.15) is 0 Å². The van der Waals surface area contributed by atoms with Crippen molar-refractivity contribution >= 4 is 11.7 Å². The summed E-state index contributed by atoms with van der Waals surface area (Å²) in [5.74, 6) is 0.787. The average Bonchev–Trinajstić information content (AvgIpc) is 2.40. The zero-order valence-corrected chi connectivity index (χ0v) is 12.5. The topological polar surface area (TPSA) is 49.3 Å². The number of hydrogen-bond donors (Lipinski definition) is 2. The molecule has 2 atom stereocenters. The van der Waals surface area contributed by atoms with Crippen molar-refractivity contribution in [2.75, 3.05) is 11.9 Å². The molecule has 1 saturated carbocycles. The largest absolute Gasteiger partial charge is 0.478 e. The number of carboxylic acids is 1. The summed E-state index contributed by atoms with van der Waals surface area (Å²) >= 11 is 0. The van der Waals surface area contributed by atoms with Crippen molar-refractivity contribution in [2.24, 2.45) is 11.8 Å². The van der Waals surface area contributed by atoms with Crippen LogP contribution in [0.15, 0.2) is 18.2 Å². The van der Waals surface area contributed by atoms with Gasteiger partial charge in [-0.15, -0.1) is 0 Å². The Morgan fingerprint density at radius 2 is 2.20 bits per heavy atom. The molecule has 1 aromatic carbocycles. The fourth-order valence-corrected chi connectivity index (χ4v) is 3.22. The number of anilines is 1. The van der Waals surface area contributed by atoms with E-state index < -0.39 is 5.97 Å². The first kappa shape index (κ1) is 14.9. The molecule has 0 heterocycles. The number of aryl methyl sites for hydroxylation is 1. The monoisotopic (exact) mass is 275 g/mol. The molecule has 1 fully saturated rings. The Kier molecular flexibility index (Phi) is 5.05. The van der Waals surface area contributed by atoms with Crippen molar-refractivity contribution in [1.82, 2.24) is 0 Å². The van der Waals surface area contributed by atoms with Crippen LogP contribution in [-0.2, 0) is 0 Å². The summed E-state index contributed by atoms with van der Waals surface area (Å²) in [5, 5.41) is 12.5. The summed E-state index contributed by atoms with van der Waals surface area (Å²) in [6.45, 7) is 5.11. The number of aromatic carboxylic acids is 1. The van der Waals surface area contributed by atoms with Crippen LogP contribution in [0.25, 0.3) is 0 Å². The maximum absolute atomic E-state index is 11.2. The minimum atomic E-state index is -0.859. The average molecular weight is 275 g/mol. The third-order valence-corrected chi connectivity index (χ3v) is 4.32. The zero-order chi connectivity index (χ0) is 14.5. The highest BCUT2D eigenvalue weighted by Gasteiger charge is 2.18. The summed E-state index contributed by atoms with van der Waals surface area (Å²) in [6, 6.07) is 5.56. The van der Waals surface area contributed by atoms with Crippen molar-refractivity contribution in [1.29, 1.82) is 0 Å². The molecule has 0 radical (unpaired) electrons. The number of carbonyl (C=O) groups is 1. The second-order valence-corrected chi connectivity index (χ2v) is 6.21. The van der Waals surface area contributed by atoms with Crippen LogP contribution >= 0.6 is 0 Å². The molecule has 20 heavy (non-hydrogen) atoms. The zero-order valence-electron chi connectivity index (χ0n) is 12.5. The van der Waals surface area contributed by atoms with E-state index in [0.29, 0.717) is 5.56 Å². The van der Waals surface area contributed by atoms with Gasteiger partial charge in [0.1, 0.15) is 0 Å². The molecule has 3 nitrogen and oxygen atoms in total. The lowest BCUT2D eigenvalue weighted by Gasteiger charge is -2.26. The predicted octanol–water partition coefficient (Wildman–Crippen LogP) is 4.32. The molecule has 1 aromatic rings. The van der Waals surface area contributed by atoms with Crippen molar-refractivity contribution < 1.29 is 9.90 Å². The molecule has 1 aliphatic carbocycles. The SMILES string of the molecule is Cc1ccc(NCCC2CCCC(C)C2)c(C(=O)O)c1. The van der Waals surface area contributed by atoms with Crippen LogP contribution in [-0.4, -0.2) is 17.6 Å². The Balaban J connectivity index is 1.89. The Morgan fingerprint density at radius 1 is 1.40 bits per heavy atom. The molecule has 1 aliphatic rings. The predicted molar refractivity (Wildman–Crippen MR) is 82.4 cm³/mol. The second-order valence-electron chi connectivity index (χ2n) is 6.21. The van der Waals surface area contributed by atoms with E-state index in [9.17, 15) is 9.90 Å². The van der Waals surface area contributed by atoms with Crippen molar-refractivity contribution in [3.63, 3.8) is 0 Å². The van der Waals surface area contributed by atoms with E-state index in [2.05, 4.69) is 12.2 Å². The lowest BCUT2D eigenvalue weighted by atomic mass is 9.81. The first-order valence-corrected chi connectivity index (χ1v) is 7.64. The van der Waals surface area contributed by atoms with Crippen LogP contribution in [0.4, 0.5) is 5.69 Å². The normalized spacial score (nSPS) is 22.5. The van der Waals surface area contributed by atoms with Crippen LogP contribution in [0.1, 0.15) is 54.9 Å². The molecule has 0 bridgehead atoms. The number of benzene rings is 1. The minimum Gasteiger partial charge on any atom is -0.478 e. The third-order valence-electron chi connectivity index (χ3n) is 4.32. The molecular formula is C17H25NO2. The molecule has 2 unspecified atom stereocenters. The van der Waals surface area contributed by atoms with Crippen molar-refractivity contribution in [2.45, 2.75) is 46.0 Å². The van der Waals surface area contributed by atoms with Gasteiger partial charge in [-0.3, -0.25) is 0 Å². The first-order chi connectivity index (χ1) is 9.56. The van der Waals surface area contributed by atoms with E-state index in [4.69, 9.17) is 0 Å². The molecule has 110 valence electrons. The van der Waals surface area contributed by atoms with Gasteiger partial charge in [0.15, 0.2) is 0 Å². The molecule has 3 heteroatoms. The molecule has 0 amide bonds. The summed E-state index contributed by atoms with van der Waals surface area (Å²) < 4.78 is 0. The summed E-state index contributed by atoms with van der Waals surface area (Å²) in [7, 11) is 0. The first-order valence-electron chi connectivity index (χ1n) is 7.64. The fourth-order valence-electron chi connectivity index (χ4n) is 3.22. The van der Waals surface area contributed by atoms with Gasteiger partial charge in [0.2, 0.25) is 0 Å². The Bertz CT molecular complexity index is 470. The van der Waals surface area contributed by atoms with E-state index in [1.54, 1.807) is 6.07 Å². The van der Waals surface area contributed by atoms with E-state index in [0.717, 1.165) is 36.1 Å². The second kappa shape index (κ2) is 6.78. The van der Waals surface area contributed by atoms with Crippen molar-refractivity contribution in [3.8, 4) is 0 Å². The highest BCUT2D eigenvalue weighted by atomic mass is 16.4. The number of nitrogens with one attached hydrogen (secondary N) is 1. The quantitative estimate of drug-likeness (QED) is 0.841.